The number of ether oxygens (including phenoxy) is 1. The van der Waals surface area contributed by atoms with Crippen LogP contribution in [0.5, 0.6) is 0 Å². The summed E-state index contributed by atoms with van der Waals surface area (Å²) >= 11 is 0. The topological polar surface area (TPSA) is 119 Å². The fourth-order valence-electron chi connectivity index (χ4n) is 4.89. The molecule has 2 aromatic rings. The van der Waals surface area contributed by atoms with E-state index in [-0.39, 0.29) is 25.2 Å². The van der Waals surface area contributed by atoms with E-state index in [9.17, 15) is 24.6 Å². The lowest BCUT2D eigenvalue weighted by Crippen LogP contribution is -2.42. The summed E-state index contributed by atoms with van der Waals surface area (Å²) < 4.78 is 4.79. The standard InChI is InChI=1S/C25H29N3O6/c1-14(2)20(26-24(31)34-3)11-16-8-9-18-17-7-5-4-6-15(17)10-19(18)22(16)28-13-27(25(32)33)12-21(28)23(29)30/h4-9,14,20-21H,10-13H2,1-3H3,(H,26,31)(H,29,30)(H,32,33). The molecule has 1 aliphatic carbocycles. The van der Waals surface area contributed by atoms with Crippen LogP contribution in [0.15, 0.2) is 36.4 Å². The minimum atomic E-state index is -1.15. The Kier molecular flexibility index (Phi) is 6.37. The van der Waals surface area contributed by atoms with E-state index in [0.717, 1.165) is 38.4 Å². The fourth-order valence-corrected chi connectivity index (χ4v) is 4.89. The first-order chi connectivity index (χ1) is 16.2. The molecule has 2 unspecified atom stereocenters. The van der Waals surface area contributed by atoms with Gasteiger partial charge in [-0.05, 0) is 40.2 Å². The van der Waals surface area contributed by atoms with Gasteiger partial charge in [-0.1, -0.05) is 50.2 Å². The van der Waals surface area contributed by atoms with Crippen LogP contribution < -0.4 is 10.2 Å². The summed E-state index contributed by atoms with van der Waals surface area (Å²) in [4.78, 5) is 38.6. The van der Waals surface area contributed by atoms with Gasteiger partial charge in [0.1, 0.15) is 6.04 Å². The zero-order valence-electron chi connectivity index (χ0n) is 19.4. The van der Waals surface area contributed by atoms with Gasteiger partial charge in [-0.3, -0.25) is 4.90 Å². The summed E-state index contributed by atoms with van der Waals surface area (Å²) in [6, 6.07) is 10.8. The highest BCUT2D eigenvalue weighted by atomic mass is 16.5. The normalized spacial score (nSPS) is 17.4. The zero-order valence-corrected chi connectivity index (χ0v) is 19.4. The number of aliphatic carboxylic acids is 1. The number of fused-ring (bicyclic) bond motifs is 3. The molecule has 2 aromatic carbocycles. The largest absolute Gasteiger partial charge is 0.480 e. The maximum absolute atomic E-state index is 12.2. The lowest BCUT2D eigenvalue weighted by Gasteiger charge is -2.30. The van der Waals surface area contributed by atoms with Crippen LogP contribution in [0.4, 0.5) is 15.3 Å². The van der Waals surface area contributed by atoms with Gasteiger partial charge in [-0.15, -0.1) is 0 Å². The SMILES string of the molecule is COC(=O)NC(Cc1ccc2c(c1N1CN(C(=O)O)CC1C(=O)O)Cc1ccccc1-2)C(C)C. The molecule has 1 aliphatic heterocycles. The van der Waals surface area contributed by atoms with E-state index >= 15 is 0 Å². The van der Waals surface area contributed by atoms with E-state index < -0.39 is 24.2 Å². The minimum absolute atomic E-state index is 0.0388. The molecule has 1 saturated heterocycles. The maximum atomic E-state index is 12.2. The van der Waals surface area contributed by atoms with Crippen LogP contribution in [0, 0.1) is 5.92 Å². The van der Waals surface area contributed by atoms with Crippen LogP contribution in [0.3, 0.4) is 0 Å². The van der Waals surface area contributed by atoms with E-state index in [1.807, 2.05) is 44.2 Å². The molecule has 2 amide bonds. The Morgan fingerprint density at radius 2 is 1.85 bits per heavy atom. The maximum Gasteiger partial charge on any atom is 0.408 e. The molecule has 0 radical (unpaired) electrons. The number of anilines is 1. The van der Waals surface area contributed by atoms with Crippen LogP contribution in [-0.4, -0.2) is 65.7 Å². The van der Waals surface area contributed by atoms with Gasteiger partial charge in [-0.2, -0.15) is 0 Å². The fraction of sp³-hybridized carbons (Fsp3) is 0.400. The number of carbonyl (C=O) groups is 3. The average Bonchev–Trinajstić information content (AvgIpc) is 3.40. The molecule has 34 heavy (non-hydrogen) atoms. The van der Waals surface area contributed by atoms with Crippen molar-refractivity contribution in [2.75, 3.05) is 25.2 Å². The number of carbonyl (C=O) groups excluding carboxylic acids is 1. The molecule has 180 valence electrons. The molecule has 0 bridgehead atoms. The Morgan fingerprint density at radius 3 is 2.50 bits per heavy atom. The molecule has 0 aromatic heterocycles. The average molecular weight is 468 g/mol. The Hall–Kier alpha value is -3.75. The van der Waals surface area contributed by atoms with Gasteiger partial charge in [0.25, 0.3) is 0 Å². The van der Waals surface area contributed by atoms with Gasteiger partial charge >= 0.3 is 18.2 Å². The third-order valence-electron chi connectivity index (χ3n) is 6.71. The van der Waals surface area contributed by atoms with Gasteiger partial charge in [0.05, 0.1) is 20.3 Å². The Morgan fingerprint density at radius 1 is 1.12 bits per heavy atom. The van der Waals surface area contributed by atoms with E-state index in [4.69, 9.17) is 4.74 Å². The molecule has 0 saturated carbocycles. The van der Waals surface area contributed by atoms with Gasteiger partial charge < -0.3 is 25.2 Å². The molecule has 0 spiro atoms. The number of nitrogens with one attached hydrogen (secondary N) is 1. The molecule has 2 aliphatic rings. The first-order valence-corrected chi connectivity index (χ1v) is 11.3. The molecule has 1 heterocycles. The summed E-state index contributed by atoms with van der Waals surface area (Å²) in [5.74, 6) is -0.988. The van der Waals surface area contributed by atoms with Crippen LogP contribution >= 0.6 is 0 Å². The second-order valence-corrected chi connectivity index (χ2v) is 9.09. The van der Waals surface area contributed by atoms with E-state index in [2.05, 4.69) is 11.4 Å². The van der Waals surface area contributed by atoms with Crippen molar-refractivity contribution in [3.8, 4) is 11.1 Å². The molecule has 2 atom stereocenters. The predicted molar refractivity (Wildman–Crippen MR) is 126 cm³/mol. The Labute approximate surface area is 197 Å². The monoisotopic (exact) mass is 467 g/mol. The highest BCUT2D eigenvalue weighted by Gasteiger charge is 2.41. The van der Waals surface area contributed by atoms with Gasteiger partial charge in [0.2, 0.25) is 0 Å². The quantitative estimate of drug-likeness (QED) is 0.508. The smallest absolute Gasteiger partial charge is 0.408 e. The van der Waals surface area contributed by atoms with Crippen molar-refractivity contribution in [1.29, 1.82) is 0 Å². The van der Waals surface area contributed by atoms with Gasteiger partial charge in [0, 0.05) is 18.2 Å². The number of rotatable bonds is 6. The minimum Gasteiger partial charge on any atom is -0.480 e. The van der Waals surface area contributed by atoms with Crippen LogP contribution in [0.1, 0.15) is 30.5 Å². The predicted octanol–water partition coefficient (Wildman–Crippen LogP) is 3.39. The van der Waals surface area contributed by atoms with Crippen LogP contribution in [-0.2, 0) is 22.4 Å². The summed E-state index contributed by atoms with van der Waals surface area (Å²) in [5, 5.41) is 22.4. The number of hydrogen-bond acceptors (Lipinski definition) is 5. The lowest BCUT2D eigenvalue weighted by molar-refractivity contribution is -0.138. The summed E-state index contributed by atoms with van der Waals surface area (Å²) in [7, 11) is 1.31. The number of amides is 2. The molecule has 4 rings (SSSR count). The second-order valence-electron chi connectivity index (χ2n) is 9.09. The summed E-state index contributed by atoms with van der Waals surface area (Å²) in [6.07, 6.45) is -0.614. The number of alkyl carbamates (subject to hydrolysis) is 1. The Bertz CT molecular complexity index is 1130. The van der Waals surface area contributed by atoms with Gasteiger partial charge in [-0.25, -0.2) is 14.4 Å². The second kappa shape index (κ2) is 9.24. The lowest BCUT2D eigenvalue weighted by atomic mass is 9.91. The van der Waals surface area contributed by atoms with E-state index in [1.165, 1.54) is 7.11 Å². The van der Waals surface area contributed by atoms with Crippen molar-refractivity contribution < 1.29 is 29.3 Å². The van der Waals surface area contributed by atoms with Crippen molar-refractivity contribution in [1.82, 2.24) is 10.2 Å². The number of nitrogens with zero attached hydrogens (tertiary/aromatic N) is 2. The van der Waals surface area contributed by atoms with Gasteiger partial charge in [0.15, 0.2) is 0 Å². The van der Waals surface area contributed by atoms with Crippen molar-refractivity contribution in [2.45, 2.75) is 38.8 Å². The van der Waals surface area contributed by atoms with Crippen LogP contribution in [0.25, 0.3) is 11.1 Å². The molecule has 3 N–H and O–H groups in total. The third-order valence-corrected chi connectivity index (χ3v) is 6.71. The van der Waals surface area contributed by atoms with E-state index in [1.54, 1.807) is 4.90 Å². The van der Waals surface area contributed by atoms with Crippen molar-refractivity contribution in [2.24, 2.45) is 5.92 Å². The number of methoxy groups -OCH3 is 1. The first-order valence-electron chi connectivity index (χ1n) is 11.3. The number of carboxylic acid groups (broad SMARTS) is 2. The number of benzene rings is 2. The summed E-state index contributed by atoms with van der Waals surface area (Å²) in [5.41, 5.74) is 5.85. The number of carboxylic acids is 1. The first kappa shape index (κ1) is 23.4. The molecule has 9 heteroatoms. The highest BCUT2D eigenvalue weighted by Crippen LogP contribution is 2.44. The van der Waals surface area contributed by atoms with Crippen molar-refractivity contribution in [3.63, 3.8) is 0 Å². The molecule has 1 fully saturated rings. The zero-order chi connectivity index (χ0) is 24.6. The highest BCUT2D eigenvalue weighted by molar-refractivity contribution is 5.88. The third kappa shape index (κ3) is 4.25. The van der Waals surface area contributed by atoms with Crippen molar-refractivity contribution >= 4 is 23.8 Å². The summed E-state index contributed by atoms with van der Waals surface area (Å²) in [6.45, 7) is 3.83. The van der Waals surface area contributed by atoms with Crippen molar-refractivity contribution in [3.05, 3.63) is 53.1 Å². The molecular weight excluding hydrogens is 438 g/mol. The molecule has 9 nitrogen and oxygen atoms in total. The molecular formula is C25H29N3O6. The Balaban J connectivity index is 1.83. The van der Waals surface area contributed by atoms with Crippen LogP contribution in [0.2, 0.25) is 0 Å². The number of hydrogen-bond donors (Lipinski definition) is 3. The van der Waals surface area contributed by atoms with E-state index in [0.29, 0.717) is 12.8 Å².